The second kappa shape index (κ2) is 4.45. The van der Waals surface area contributed by atoms with Crippen molar-refractivity contribution < 1.29 is 0 Å². The lowest BCUT2D eigenvalue weighted by molar-refractivity contribution is 0.343. The molecule has 1 atom stereocenters. The molecule has 0 aliphatic rings. The number of hydrogen-bond acceptors (Lipinski definition) is 1. The maximum Gasteiger partial charge on any atom is 0.0300 e. The highest BCUT2D eigenvalue weighted by atomic mass is 79.9. The molecule has 78 valence electrons. The van der Waals surface area contributed by atoms with Crippen LogP contribution in [0.3, 0.4) is 0 Å². The molecule has 0 aliphatic carbocycles. The van der Waals surface area contributed by atoms with E-state index in [4.69, 9.17) is 5.73 Å². The van der Waals surface area contributed by atoms with E-state index in [9.17, 15) is 0 Å². The van der Waals surface area contributed by atoms with Crippen molar-refractivity contribution in [2.24, 2.45) is 11.1 Å². The maximum atomic E-state index is 6.13. The zero-order chi connectivity index (χ0) is 10.8. The first kappa shape index (κ1) is 11.7. The fourth-order valence-electron chi connectivity index (χ4n) is 1.51. The van der Waals surface area contributed by atoms with E-state index in [1.165, 1.54) is 5.56 Å². The predicted molar refractivity (Wildman–Crippen MR) is 65.1 cm³/mol. The molecule has 1 aromatic rings. The number of hydrogen-bond donors (Lipinski definition) is 1. The maximum absolute atomic E-state index is 6.13. The highest BCUT2D eigenvalue weighted by molar-refractivity contribution is 9.10. The van der Waals surface area contributed by atoms with Gasteiger partial charge in [0.2, 0.25) is 0 Å². The molecule has 0 unspecified atom stereocenters. The van der Waals surface area contributed by atoms with Gasteiger partial charge in [-0.3, -0.25) is 0 Å². The van der Waals surface area contributed by atoms with Crippen LogP contribution in [0.2, 0.25) is 0 Å². The Morgan fingerprint density at radius 1 is 1.36 bits per heavy atom. The number of benzene rings is 1. The van der Waals surface area contributed by atoms with Gasteiger partial charge in [0.25, 0.3) is 0 Å². The summed E-state index contributed by atoms with van der Waals surface area (Å²) in [4.78, 5) is 0. The van der Waals surface area contributed by atoms with Crippen molar-refractivity contribution in [1.29, 1.82) is 0 Å². The normalized spacial score (nSPS) is 14.1. The molecule has 1 nitrogen and oxygen atoms in total. The van der Waals surface area contributed by atoms with Crippen molar-refractivity contribution >= 4 is 15.9 Å². The lowest BCUT2D eigenvalue weighted by Crippen LogP contribution is -2.18. The van der Waals surface area contributed by atoms with E-state index < -0.39 is 0 Å². The van der Waals surface area contributed by atoms with E-state index >= 15 is 0 Å². The first-order valence-corrected chi connectivity index (χ1v) is 5.69. The minimum absolute atomic E-state index is 0.132. The molecule has 2 heteroatoms. The van der Waals surface area contributed by atoms with Gasteiger partial charge in [0, 0.05) is 10.5 Å². The van der Waals surface area contributed by atoms with Crippen molar-refractivity contribution in [3.8, 4) is 0 Å². The van der Waals surface area contributed by atoms with E-state index in [-0.39, 0.29) is 11.5 Å². The minimum Gasteiger partial charge on any atom is -0.324 e. The summed E-state index contributed by atoms with van der Waals surface area (Å²) in [5, 5.41) is 0. The summed E-state index contributed by atoms with van der Waals surface area (Å²) in [6.45, 7) is 6.64. The molecule has 0 amide bonds. The molecule has 0 aromatic heterocycles. The topological polar surface area (TPSA) is 26.0 Å². The quantitative estimate of drug-likeness (QED) is 0.853. The Bertz CT molecular complexity index is 301. The van der Waals surface area contributed by atoms with Crippen LogP contribution in [0.4, 0.5) is 0 Å². The van der Waals surface area contributed by atoms with Crippen LogP contribution in [0, 0.1) is 5.41 Å². The van der Waals surface area contributed by atoms with Gasteiger partial charge in [-0.25, -0.2) is 0 Å². The lowest BCUT2D eigenvalue weighted by atomic mass is 9.86. The van der Waals surface area contributed by atoms with Gasteiger partial charge < -0.3 is 5.73 Å². The molecule has 1 rings (SSSR count). The molecule has 1 aromatic carbocycles. The molecular formula is C12H18BrN. The Morgan fingerprint density at radius 3 is 2.50 bits per heavy atom. The van der Waals surface area contributed by atoms with Gasteiger partial charge in [0.1, 0.15) is 0 Å². The number of nitrogens with two attached hydrogens (primary N) is 1. The third kappa shape index (κ3) is 3.81. The lowest BCUT2D eigenvalue weighted by Gasteiger charge is -2.23. The highest BCUT2D eigenvalue weighted by Gasteiger charge is 2.16. The van der Waals surface area contributed by atoms with Gasteiger partial charge in [0.15, 0.2) is 0 Å². The summed E-state index contributed by atoms with van der Waals surface area (Å²) < 4.78 is 1.10. The van der Waals surface area contributed by atoms with Crippen molar-refractivity contribution in [1.82, 2.24) is 0 Å². The smallest absolute Gasteiger partial charge is 0.0300 e. The Balaban J connectivity index is 2.74. The zero-order valence-electron chi connectivity index (χ0n) is 9.05. The number of halogens is 1. The van der Waals surface area contributed by atoms with Crippen LogP contribution in [-0.4, -0.2) is 0 Å². The summed E-state index contributed by atoms with van der Waals surface area (Å²) in [5.41, 5.74) is 7.61. The van der Waals surface area contributed by atoms with Gasteiger partial charge in [-0.1, -0.05) is 48.8 Å². The average Bonchev–Trinajstić information content (AvgIpc) is 2.01. The van der Waals surface area contributed by atoms with Gasteiger partial charge in [0.05, 0.1) is 0 Å². The van der Waals surface area contributed by atoms with Crippen LogP contribution in [-0.2, 0) is 0 Å². The predicted octanol–water partition coefficient (Wildman–Crippen LogP) is 3.89. The molecule has 0 spiro atoms. The van der Waals surface area contributed by atoms with Crippen LogP contribution in [0.15, 0.2) is 28.7 Å². The zero-order valence-corrected chi connectivity index (χ0v) is 10.6. The molecular weight excluding hydrogens is 238 g/mol. The second-order valence-corrected chi connectivity index (χ2v) is 5.84. The first-order chi connectivity index (χ1) is 6.38. The van der Waals surface area contributed by atoms with Crippen LogP contribution >= 0.6 is 15.9 Å². The first-order valence-electron chi connectivity index (χ1n) is 4.89. The summed E-state index contributed by atoms with van der Waals surface area (Å²) in [7, 11) is 0. The fourth-order valence-corrected chi connectivity index (χ4v) is 1.93. The van der Waals surface area contributed by atoms with Crippen molar-refractivity contribution in [2.45, 2.75) is 33.2 Å². The second-order valence-electron chi connectivity index (χ2n) is 4.93. The monoisotopic (exact) mass is 255 g/mol. The fraction of sp³-hybridized carbons (Fsp3) is 0.500. The average molecular weight is 256 g/mol. The van der Waals surface area contributed by atoms with Crippen LogP contribution in [0.5, 0.6) is 0 Å². The molecule has 0 fully saturated rings. The van der Waals surface area contributed by atoms with E-state index in [1.54, 1.807) is 0 Å². The third-order valence-electron chi connectivity index (χ3n) is 2.11. The largest absolute Gasteiger partial charge is 0.324 e. The van der Waals surface area contributed by atoms with E-state index in [1.807, 2.05) is 12.1 Å². The standard InChI is InChI=1S/C12H18BrN/c1-12(2,3)8-11(14)9-5-4-6-10(13)7-9/h4-7,11H,8,14H2,1-3H3/t11-/m1/s1. The molecule has 0 aliphatic heterocycles. The Hall–Kier alpha value is -0.340. The summed E-state index contributed by atoms with van der Waals surface area (Å²) in [6, 6.07) is 8.36. The van der Waals surface area contributed by atoms with Gasteiger partial charge >= 0.3 is 0 Å². The van der Waals surface area contributed by atoms with Gasteiger partial charge in [-0.15, -0.1) is 0 Å². The van der Waals surface area contributed by atoms with E-state index in [0.717, 1.165) is 10.9 Å². The molecule has 2 N–H and O–H groups in total. The SMILES string of the molecule is CC(C)(C)C[C@@H](N)c1cccc(Br)c1. The van der Waals surface area contributed by atoms with Crippen molar-refractivity contribution in [3.63, 3.8) is 0 Å². The molecule has 0 saturated heterocycles. The van der Waals surface area contributed by atoms with Gasteiger partial charge in [-0.2, -0.15) is 0 Å². The molecule has 14 heavy (non-hydrogen) atoms. The highest BCUT2D eigenvalue weighted by Crippen LogP contribution is 2.28. The van der Waals surface area contributed by atoms with Crippen molar-refractivity contribution in [3.05, 3.63) is 34.3 Å². The van der Waals surface area contributed by atoms with E-state index in [0.29, 0.717) is 0 Å². The van der Waals surface area contributed by atoms with E-state index in [2.05, 4.69) is 48.8 Å². The summed E-state index contributed by atoms with van der Waals surface area (Å²) >= 11 is 3.45. The summed E-state index contributed by atoms with van der Waals surface area (Å²) in [5.74, 6) is 0. The Kier molecular flexibility index (Phi) is 3.73. The minimum atomic E-state index is 0.132. The Labute approximate surface area is 94.8 Å². The molecule has 0 radical (unpaired) electrons. The third-order valence-corrected chi connectivity index (χ3v) is 2.60. The Morgan fingerprint density at radius 2 is 2.00 bits per heavy atom. The molecule has 0 saturated carbocycles. The van der Waals surface area contributed by atoms with Crippen LogP contribution < -0.4 is 5.73 Å². The summed E-state index contributed by atoms with van der Waals surface area (Å²) in [6.07, 6.45) is 1.00. The van der Waals surface area contributed by atoms with Crippen LogP contribution in [0.25, 0.3) is 0 Å². The van der Waals surface area contributed by atoms with Gasteiger partial charge in [-0.05, 0) is 29.5 Å². The van der Waals surface area contributed by atoms with Crippen molar-refractivity contribution in [2.75, 3.05) is 0 Å². The van der Waals surface area contributed by atoms with Crippen LogP contribution in [0.1, 0.15) is 38.8 Å². The molecule has 0 heterocycles. The molecule has 0 bridgehead atoms. The number of rotatable bonds is 2.